The van der Waals surface area contributed by atoms with Gasteiger partial charge in [0.1, 0.15) is 11.5 Å². The van der Waals surface area contributed by atoms with E-state index in [1.165, 1.54) is 0 Å². The zero-order valence-corrected chi connectivity index (χ0v) is 19.4. The molecule has 8 heteroatoms. The van der Waals surface area contributed by atoms with Crippen molar-refractivity contribution in [3.63, 3.8) is 0 Å². The molecule has 164 valence electrons. The Morgan fingerprint density at radius 2 is 1.90 bits per heavy atom. The fourth-order valence-electron chi connectivity index (χ4n) is 3.15. The minimum absolute atomic E-state index is 0.203. The minimum Gasteiger partial charge on any atom is -0.497 e. The van der Waals surface area contributed by atoms with Crippen LogP contribution < -0.4 is 25.0 Å². The van der Waals surface area contributed by atoms with Gasteiger partial charge in [-0.1, -0.05) is 0 Å². The Morgan fingerprint density at radius 1 is 1.24 bits per heavy atom. The molecule has 1 fully saturated rings. The van der Waals surface area contributed by atoms with Crippen molar-refractivity contribution < 1.29 is 13.7 Å². The van der Waals surface area contributed by atoms with Crippen molar-refractivity contribution in [2.45, 2.75) is 44.9 Å². The SMILES string of the molecule is CCNC(=NCCS(=O)C(C)(C)C)NC1CCN(c2cc(OC)cc(OC)c2)C1. The Labute approximate surface area is 177 Å². The first-order valence-corrected chi connectivity index (χ1v) is 11.5. The van der Waals surface area contributed by atoms with Crippen LogP contribution in [0, 0.1) is 0 Å². The first-order chi connectivity index (χ1) is 13.8. The smallest absolute Gasteiger partial charge is 0.191 e. The van der Waals surface area contributed by atoms with E-state index in [0.29, 0.717) is 12.3 Å². The second-order valence-corrected chi connectivity index (χ2v) is 10.4. The zero-order valence-electron chi connectivity index (χ0n) is 18.6. The van der Waals surface area contributed by atoms with E-state index in [1.54, 1.807) is 14.2 Å². The molecule has 0 bridgehead atoms. The number of methoxy groups -OCH3 is 2. The van der Waals surface area contributed by atoms with Crippen molar-refractivity contribution in [2.75, 3.05) is 51.1 Å². The van der Waals surface area contributed by atoms with Gasteiger partial charge >= 0.3 is 0 Å². The van der Waals surface area contributed by atoms with Gasteiger partial charge in [-0.05, 0) is 34.1 Å². The van der Waals surface area contributed by atoms with Crippen molar-refractivity contribution in [1.29, 1.82) is 0 Å². The molecule has 2 atom stereocenters. The molecule has 1 saturated heterocycles. The van der Waals surface area contributed by atoms with Crippen LogP contribution in [0.1, 0.15) is 34.1 Å². The molecule has 2 unspecified atom stereocenters. The van der Waals surface area contributed by atoms with E-state index in [2.05, 4.69) is 20.5 Å². The van der Waals surface area contributed by atoms with Crippen LogP contribution in [-0.4, -0.2) is 67.1 Å². The Morgan fingerprint density at radius 3 is 2.45 bits per heavy atom. The Balaban J connectivity index is 1.97. The maximum Gasteiger partial charge on any atom is 0.191 e. The molecule has 1 aliphatic rings. The van der Waals surface area contributed by atoms with Crippen LogP contribution in [0.5, 0.6) is 11.5 Å². The average Bonchev–Trinajstić information content (AvgIpc) is 3.15. The maximum atomic E-state index is 12.2. The van der Waals surface area contributed by atoms with Gasteiger partial charge < -0.3 is 25.0 Å². The number of benzene rings is 1. The summed E-state index contributed by atoms with van der Waals surface area (Å²) in [6.45, 7) is 11.2. The first-order valence-electron chi connectivity index (χ1n) is 10.2. The number of nitrogens with zero attached hydrogens (tertiary/aromatic N) is 2. The number of rotatable bonds is 8. The van der Waals surface area contributed by atoms with Gasteiger partial charge in [0, 0.05) is 70.9 Å². The van der Waals surface area contributed by atoms with E-state index < -0.39 is 10.8 Å². The molecule has 1 aromatic rings. The predicted molar refractivity (Wildman–Crippen MR) is 122 cm³/mol. The predicted octanol–water partition coefficient (Wildman–Crippen LogP) is 2.38. The molecule has 2 rings (SSSR count). The number of anilines is 1. The summed E-state index contributed by atoms with van der Waals surface area (Å²) in [7, 11) is 2.44. The molecular weight excluding hydrogens is 388 g/mol. The Kier molecular flexibility index (Phi) is 8.61. The average molecular weight is 425 g/mol. The minimum atomic E-state index is -0.893. The molecule has 0 radical (unpaired) electrons. The van der Waals surface area contributed by atoms with E-state index in [1.807, 2.05) is 45.9 Å². The molecular formula is C21H36N4O3S. The lowest BCUT2D eigenvalue weighted by Gasteiger charge is -2.21. The Bertz CT molecular complexity index is 696. The molecule has 0 spiro atoms. The van der Waals surface area contributed by atoms with Gasteiger partial charge in [-0.25, -0.2) is 0 Å². The van der Waals surface area contributed by atoms with Crippen LogP contribution in [0.3, 0.4) is 0 Å². The number of guanidine groups is 1. The quantitative estimate of drug-likeness (QED) is 0.493. The molecule has 7 nitrogen and oxygen atoms in total. The maximum absolute atomic E-state index is 12.2. The van der Waals surface area contributed by atoms with E-state index in [0.717, 1.165) is 49.2 Å². The molecule has 0 aromatic heterocycles. The van der Waals surface area contributed by atoms with Gasteiger partial charge in [-0.3, -0.25) is 9.20 Å². The molecule has 1 aliphatic heterocycles. The highest BCUT2D eigenvalue weighted by atomic mass is 32.2. The zero-order chi connectivity index (χ0) is 21.4. The van der Waals surface area contributed by atoms with Crippen molar-refractivity contribution in [3.05, 3.63) is 18.2 Å². The lowest BCUT2D eigenvalue weighted by Crippen LogP contribution is -2.44. The summed E-state index contributed by atoms with van der Waals surface area (Å²) in [5.41, 5.74) is 1.09. The molecule has 0 saturated carbocycles. The van der Waals surface area contributed by atoms with Gasteiger partial charge in [0.25, 0.3) is 0 Å². The monoisotopic (exact) mass is 424 g/mol. The van der Waals surface area contributed by atoms with E-state index >= 15 is 0 Å². The molecule has 29 heavy (non-hydrogen) atoms. The third kappa shape index (κ3) is 7.10. The summed E-state index contributed by atoms with van der Waals surface area (Å²) >= 11 is 0. The van der Waals surface area contributed by atoms with Gasteiger partial charge in [-0.15, -0.1) is 0 Å². The molecule has 0 aliphatic carbocycles. The lowest BCUT2D eigenvalue weighted by atomic mass is 10.2. The van der Waals surface area contributed by atoms with Crippen LogP contribution >= 0.6 is 0 Å². The third-order valence-electron chi connectivity index (χ3n) is 4.80. The van der Waals surface area contributed by atoms with Crippen LogP contribution in [-0.2, 0) is 10.8 Å². The number of hydrogen-bond donors (Lipinski definition) is 2. The van der Waals surface area contributed by atoms with Crippen molar-refractivity contribution in [3.8, 4) is 11.5 Å². The van der Waals surface area contributed by atoms with Gasteiger partial charge in [-0.2, -0.15) is 0 Å². The number of nitrogens with one attached hydrogen (secondary N) is 2. The molecule has 0 amide bonds. The van der Waals surface area contributed by atoms with Crippen LogP contribution in [0.2, 0.25) is 0 Å². The van der Waals surface area contributed by atoms with Crippen LogP contribution in [0.4, 0.5) is 5.69 Å². The summed E-state index contributed by atoms with van der Waals surface area (Å²) in [5.74, 6) is 2.93. The summed E-state index contributed by atoms with van der Waals surface area (Å²) < 4.78 is 22.8. The summed E-state index contributed by atoms with van der Waals surface area (Å²) in [6, 6.07) is 6.24. The van der Waals surface area contributed by atoms with Gasteiger partial charge in [0.15, 0.2) is 5.96 Å². The number of hydrogen-bond acceptors (Lipinski definition) is 5. The van der Waals surface area contributed by atoms with Gasteiger partial charge in [0.2, 0.25) is 0 Å². The second kappa shape index (κ2) is 10.7. The highest BCUT2D eigenvalue weighted by molar-refractivity contribution is 7.86. The number of aliphatic imine (C=N–C) groups is 1. The molecule has 1 heterocycles. The van der Waals surface area contributed by atoms with Gasteiger partial charge in [0.05, 0.1) is 20.8 Å². The second-order valence-electron chi connectivity index (χ2n) is 8.07. The highest BCUT2D eigenvalue weighted by Gasteiger charge is 2.24. The molecule has 1 aromatic carbocycles. The van der Waals surface area contributed by atoms with Crippen molar-refractivity contribution >= 4 is 22.4 Å². The van der Waals surface area contributed by atoms with Crippen LogP contribution in [0.15, 0.2) is 23.2 Å². The lowest BCUT2D eigenvalue weighted by molar-refractivity contribution is 0.394. The Hall–Kier alpha value is -1.96. The normalized spacial score (nSPS) is 18.5. The first kappa shape index (κ1) is 23.3. The molecule has 2 N–H and O–H groups in total. The van der Waals surface area contributed by atoms with Crippen LogP contribution in [0.25, 0.3) is 0 Å². The summed E-state index contributed by atoms with van der Waals surface area (Å²) in [4.78, 5) is 6.95. The van der Waals surface area contributed by atoms with E-state index in [9.17, 15) is 4.21 Å². The highest BCUT2D eigenvalue weighted by Crippen LogP contribution is 2.30. The topological polar surface area (TPSA) is 75.2 Å². The van der Waals surface area contributed by atoms with Crippen molar-refractivity contribution in [2.24, 2.45) is 4.99 Å². The standard InChI is InChI=1S/C21H36N4O3S/c1-7-22-20(23-9-11-29(26)21(2,3)4)24-16-8-10-25(15-16)17-12-18(27-5)14-19(13-17)28-6/h12-14,16H,7-11,15H2,1-6H3,(H2,22,23,24). The fourth-order valence-corrected chi connectivity index (χ4v) is 4.02. The van der Waals surface area contributed by atoms with E-state index in [4.69, 9.17) is 9.47 Å². The summed E-state index contributed by atoms with van der Waals surface area (Å²) in [6.07, 6.45) is 1.01. The summed E-state index contributed by atoms with van der Waals surface area (Å²) in [5, 5.41) is 6.82. The van der Waals surface area contributed by atoms with Crippen molar-refractivity contribution in [1.82, 2.24) is 10.6 Å². The number of ether oxygens (including phenoxy) is 2. The third-order valence-corrected chi connectivity index (χ3v) is 6.72. The van der Waals surface area contributed by atoms with E-state index in [-0.39, 0.29) is 10.8 Å². The largest absolute Gasteiger partial charge is 0.497 e. The fraction of sp³-hybridized carbons (Fsp3) is 0.667.